The third kappa shape index (κ3) is 4.23. The molecule has 2 N–H and O–H groups in total. The number of hydrogen-bond acceptors (Lipinski definition) is 2. The standard InChI is InChI=1S/C14H22NO/c1-4-5-11(2)10-16-14-8-6-13(7-9-14)12(3)15/h6-9,11-12H,3-5,10,15H2,1-2H3/t11?,12-/m1/s1. The molecule has 0 saturated carbocycles. The molecule has 0 aromatic heterocycles. The molecule has 1 rings (SSSR count). The monoisotopic (exact) mass is 220 g/mol. The minimum Gasteiger partial charge on any atom is -0.493 e. The van der Waals surface area contributed by atoms with E-state index in [0.717, 1.165) is 17.9 Å². The quantitative estimate of drug-likeness (QED) is 0.798. The molecule has 0 aliphatic rings. The lowest BCUT2D eigenvalue weighted by molar-refractivity contribution is 0.251. The zero-order valence-corrected chi connectivity index (χ0v) is 10.3. The molecule has 2 nitrogen and oxygen atoms in total. The Bertz CT molecular complexity index is 292. The van der Waals surface area contributed by atoms with Crippen molar-refractivity contribution in [1.82, 2.24) is 0 Å². The third-order valence-corrected chi connectivity index (χ3v) is 2.62. The van der Waals surface area contributed by atoms with E-state index in [2.05, 4.69) is 20.8 Å². The molecule has 0 fully saturated rings. The summed E-state index contributed by atoms with van der Waals surface area (Å²) >= 11 is 0. The molecule has 16 heavy (non-hydrogen) atoms. The Kier molecular flexibility index (Phi) is 5.33. The Morgan fingerprint density at radius 2 is 1.94 bits per heavy atom. The lowest BCUT2D eigenvalue weighted by Crippen LogP contribution is -2.08. The normalized spacial score (nSPS) is 14.5. The van der Waals surface area contributed by atoms with Crippen molar-refractivity contribution in [2.24, 2.45) is 11.7 Å². The van der Waals surface area contributed by atoms with Crippen molar-refractivity contribution in [2.45, 2.75) is 32.7 Å². The summed E-state index contributed by atoms with van der Waals surface area (Å²) in [7, 11) is 0. The van der Waals surface area contributed by atoms with E-state index in [-0.39, 0.29) is 6.04 Å². The molecular formula is C14H22NO. The molecule has 1 unspecified atom stereocenters. The van der Waals surface area contributed by atoms with Gasteiger partial charge in [0.05, 0.1) is 6.61 Å². The molecule has 0 aliphatic heterocycles. The van der Waals surface area contributed by atoms with Gasteiger partial charge in [0.2, 0.25) is 0 Å². The second-order valence-electron chi connectivity index (χ2n) is 4.38. The Labute approximate surface area is 98.8 Å². The van der Waals surface area contributed by atoms with E-state index in [1.54, 1.807) is 0 Å². The van der Waals surface area contributed by atoms with Gasteiger partial charge in [-0.2, -0.15) is 0 Å². The van der Waals surface area contributed by atoms with Gasteiger partial charge in [-0.25, -0.2) is 0 Å². The molecule has 0 amide bonds. The van der Waals surface area contributed by atoms with Crippen LogP contribution < -0.4 is 10.5 Å². The second-order valence-corrected chi connectivity index (χ2v) is 4.38. The molecule has 1 radical (unpaired) electrons. The Morgan fingerprint density at radius 1 is 1.31 bits per heavy atom. The highest BCUT2D eigenvalue weighted by molar-refractivity contribution is 5.29. The molecule has 0 aliphatic carbocycles. The van der Waals surface area contributed by atoms with Crippen molar-refractivity contribution in [2.75, 3.05) is 6.61 Å². The van der Waals surface area contributed by atoms with Crippen molar-refractivity contribution in [3.05, 3.63) is 36.8 Å². The second kappa shape index (κ2) is 6.54. The summed E-state index contributed by atoms with van der Waals surface area (Å²) in [6.45, 7) is 8.96. The molecule has 0 spiro atoms. The first kappa shape index (κ1) is 13.0. The summed E-state index contributed by atoms with van der Waals surface area (Å²) in [5.41, 5.74) is 6.71. The van der Waals surface area contributed by atoms with Crippen LogP contribution in [-0.4, -0.2) is 6.61 Å². The molecule has 0 bridgehead atoms. The summed E-state index contributed by atoms with van der Waals surface area (Å²) in [5, 5.41) is 0. The molecular weight excluding hydrogens is 198 g/mol. The van der Waals surface area contributed by atoms with Gasteiger partial charge in [0.1, 0.15) is 5.75 Å². The van der Waals surface area contributed by atoms with Crippen LogP contribution in [0.3, 0.4) is 0 Å². The fraction of sp³-hybridized carbons (Fsp3) is 0.500. The van der Waals surface area contributed by atoms with Gasteiger partial charge in [0, 0.05) is 6.04 Å². The van der Waals surface area contributed by atoms with Crippen molar-refractivity contribution in [3.63, 3.8) is 0 Å². The maximum atomic E-state index is 5.69. The zero-order chi connectivity index (χ0) is 12.0. The molecule has 2 atom stereocenters. The molecule has 0 heterocycles. The first-order chi connectivity index (χ1) is 7.63. The topological polar surface area (TPSA) is 35.2 Å². The first-order valence-corrected chi connectivity index (χ1v) is 5.95. The molecule has 0 saturated heterocycles. The SMILES string of the molecule is [CH2][C@@H](N)c1ccc(OCC(C)CCC)cc1. The third-order valence-electron chi connectivity index (χ3n) is 2.62. The maximum absolute atomic E-state index is 5.69. The molecule has 89 valence electrons. The van der Waals surface area contributed by atoms with Gasteiger partial charge in [-0.05, 0) is 37.0 Å². The number of benzene rings is 1. The minimum absolute atomic E-state index is 0.159. The minimum atomic E-state index is -0.159. The van der Waals surface area contributed by atoms with E-state index in [4.69, 9.17) is 10.5 Å². The number of hydrogen-bond donors (Lipinski definition) is 1. The predicted molar refractivity (Wildman–Crippen MR) is 68.3 cm³/mol. The average molecular weight is 220 g/mol. The van der Waals surface area contributed by atoms with Gasteiger partial charge in [-0.1, -0.05) is 32.4 Å². The Morgan fingerprint density at radius 3 is 2.44 bits per heavy atom. The van der Waals surface area contributed by atoms with Gasteiger partial charge < -0.3 is 10.5 Å². The van der Waals surface area contributed by atoms with Crippen LogP contribution in [0.25, 0.3) is 0 Å². The van der Waals surface area contributed by atoms with Crippen LogP contribution in [0.4, 0.5) is 0 Å². The number of ether oxygens (including phenoxy) is 1. The lowest BCUT2D eigenvalue weighted by Gasteiger charge is -2.13. The Hall–Kier alpha value is -1.02. The fourth-order valence-corrected chi connectivity index (χ4v) is 1.63. The van der Waals surface area contributed by atoms with Crippen LogP contribution >= 0.6 is 0 Å². The predicted octanol–water partition coefficient (Wildman–Crippen LogP) is 3.34. The zero-order valence-electron chi connectivity index (χ0n) is 10.3. The van der Waals surface area contributed by atoms with E-state index < -0.39 is 0 Å². The van der Waals surface area contributed by atoms with Crippen molar-refractivity contribution >= 4 is 0 Å². The summed E-state index contributed by atoms with van der Waals surface area (Å²) in [6, 6.07) is 7.70. The van der Waals surface area contributed by atoms with Crippen LogP contribution in [0.15, 0.2) is 24.3 Å². The summed E-state index contributed by atoms with van der Waals surface area (Å²) in [4.78, 5) is 0. The lowest BCUT2D eigenvalue weighted by atomic mass is 10.1. The fourth-order valence-electron chi connectivity index (χ4n) is 1.63. The summed E-state index contributed by atoms with van der Waals surface area (Å²) in [6.07, 6.45) is 2.42. The van der Waals surface area contributed by atoms with E-state index in [1.807, 2.05) is 24.3 Å². The molecule has 2 heteroatoms. The largest absolute Gasteiger partial charge is 0.493 e. The van der Waals surface area contributed by atoms with Gasteiger partial charge in [0.15, 0.2) is 0 Å². The van der Waals surface area contributed by atoms with E-state index in [0.29, 0.717) is 5.92 Å². The molecule has 1 aromatic carbocycles. The van der Waals surface area contributed by atoms with Crippen LogP contribution in [0.5, 0.6) is 5.75 Å². The Balaban J connectivity index is 2.43. The first-order valence-electron chi connectivity index (χ1n) is 5.95. The summed E-state index contributed by atoms with van der Waals surface area (Å²) in [5.74, 6) is 1.52. The maximum Gasteiger partial charge on any atom is 0.119 e. The highest BCUT2D eigenvalue weighted by Crippen LogP contribution is 2.17. The number of rotatable bonds is 6. The van der Waals surface area contributed by atoms with E-state index in [1.165, 1.54) is 12.8 Å². The van der Waals surface area contributed by atoms with Crippen LogP contribution in [0.2, 0.25) is 0 Å². The van der Waals surface area contributed by atoms with Gasteiger partial charge >= 0.3 is 0 Å². The van der Waals surface area contributed by atoms with Gasteiger partial charge in [-0.3, -0.25) is 0 Å². The van der Waals surface area contributed by atoms with E-state index >= 15 is 0 Å². The van der Waals surface area contributed by atoms with E-state index in [9.17, 15) is 0 Å². The van der Waals surface area contributed by atoms with Gasteiger partial charge in [0.25, 0.3) is 0 Å². The van der Waals surface area contributed by atoms with Crippen molar-refractivity contribution in [1.29, 1.82) is 0 Å². The molecule has 1 aromatic rings. The van der Waals surface area contributed by atoms with Crippen molar-refractivity contribution in [3.8, 4) is 5.75 Å². The average Bonchev–Trinajstić information content (AvgIpc) is 2.27. The van der Waals surface area contributed by atoms with Crippen molar-refractivity contribution < 1.29 is 4.74 Å². The van der Waals surface area contributed by atoms with Gasteiger partial charge in [-0.15, -0.1) is 0 Å². The highest BCUT2D eigenvalue weighted by Gasteiger charge is 2.03. The van der Waals surface area contributed by atoms with Crippen LogP contribution in [0.1, 0.15) is 38.3 Å². The highest BCUT2D eigenvalue weighted by atomic mass is 16.5. The van der Waals surface area contributed by atoms with Crippen LogP contribution in [-0.2, 0) is 0 Å². The summed E-state index contributed by atoms with van der Waals surface area (Å²) < 4.78 is 5.69. The van der Waals surface area contributed by atoms with Crippen LogP contribution in [0, 0.1) is 12.8 Å². The smallest absolute Gasteiger partial charge is 0.119 e. The number of nitrogens with two attached hydrogens (primary N) is 1.